The van der Waals surface area contributed by atoms with Gasteiger partial charge in [-0.05, 0) is 36.4 Å². The first-order valence-electron chi connectivity index (χ1n) is 6.55. The molecule has 0 saturated carbocycles. The molecule has 6 heteroatoms. The molecular formula is C16H11N5O. The Hall–Kier alpha value is -3.46. The zero-order chi connectivity index (χ0) is 15.4. The largest absolute Gasteiger partial charge is 0.319 e. The average Bonchev–Trinajstić information content (AvgIpc) is 3.06. The Morgan fingerprint density at radius 2 is 1.82 bits per heavy atom. The fourth-order valence-corrected chi connectivity index (χ4v) is 1.89. The number of hydrogen-bond donors (Lipinski definition) is 1. The first kappa shape index (κ1) is 13.5. The summed E-state index contributed by atoms with van der Waals surface area (Å²) in [6.45, 7) is 0. The number of rotatable bonds is 3. The Balaban J connectivity index is 1.75. The molecule has 3 aromatic rings. The minimum Gasteiger partial charge on any atom is -0.319 e. The van der Waals surface area contributed by atoms with Crippen molar-refractivity contribution in [3.05, 3.63) is 72.3 Å². The van der Waals surface area contributed by atoms with E-state index in [1.165, 1.54) is 11.0 Å². The van der Waals surface area contributed by atoms with Crippen molar-refractivity contribution in [3.8, 4) is 11.8 Å². The standard InChI is InChI=1S/C16H11N5O/c17-10-12-6-8-13(9-7-12)19-16(22)15-18-11-21(20-15)14-4-2-1-3-5-14/h1-9,11H,(H,19,22). The van der Waals surface area contributed by atoms with Crippen LogP contribution >= 0.6 is 0 Å². The smallest absolute Gasteiger partial charge is 0.295 e. The van der Waals surface area contributed by atoms with Crippen molar-refractivity contribution in [2.75, 3.05) is 5.32 Å². The van der Waals surface area contributed by atoms with Gasteiger partial charge in [0.1, 0.15) is 6.33 Å². The predicted molar refractivity (Wildman–Crippen MR) is 80.5 cm³/mol. The summed E-state index contributed by atoms with van der Waals surface area (Å²) in [6, 6.07) is 18.0. The molecule has 0 fully saturated rings. The minimum atomic E-state index is -0.403. The van der Waals surface area contributed by atoms with E-state index in [1.807, 2.05) is 36.4 Å². The maximum Gasteiger partial charge on any atom is 0.295 e. The Labute approximate surface area is 126 Å². The van der Waals surface area contributed by atoms with Gasteiger partial charge in [0.15, 0.2) is 0 Å². The Morgan fingerprint density at radius 3 is 2.50 bits per heavy atom. The van der Waals surface area contributed by atoms with E-state index in [0.717, 1.165) is 5.69 Å². The monoisotopic (exact) mass is 289 g/mol. The van der Waals surface area contributed by atoms with E-state index in [0.29, 0.717) is 11.3 Å². The van der Waals surface area contributed by atoms with Gasteiger partial charge < -0.3 is 5.32 Å². The molecular weight excluding hydrogens is 278 g/mol. The van der Waals surface area contributed by atoms with E-state index < -0.39 is 5.91 Å². The van der Waals surface area contributed by atoms with Crippen LogP contribution in [-0.2, 0) is 0 Å². The van der Waals surface area contributed by atoms with Gasteiger partial charge in [0, 0.05) is 5.69 Å². The van der Waals surface area contributed by atoms with Gasteiger partial charge in [0.05, 0.1) is 17.3 Å². The number of nitrogens with one attached hydrogen (secondary N) is 1. The maximum atomic E-state index is 12.1. The third kappa shape index (κ3) is 2.83. The van der Waals surface area contributed by atoms with E-state index in [4.69, 9.17) is 5.26 Å². The topological polar surface area (TPSA) is 83.6 Å². The van der Waals surface area contributed by atoms with Gasteiger partial charge >= 0.3 is 0 Å². The fourth-order valence-electron chi connectivity index (χ4n) is 1.89. The van der Waals surface area contributed by atoms with Gasteiger partial charge in [0.25, 0.3) is 5.91 Å². The van der Waals surface area contributed by atoms with Crippen molar-refractivity contribution < 1.29 is 4.79 Å². The molecule has 106 valence electrons. The second-order valence-corrected chi connectivity index (χ2v) is 4.49. The number of aromatic nitrogens is 3. The van der Waals surface area contributed by atoms with E-state index in [2.05, 4.69) is 15.4 Å². The van der Waals surface area contributed by atoms with Gasteiger partial charge in [-0.3, -0.25) is 4.79 Å². The zero-order valence-electron chi connectivity index (χ0n) is 11.5. The molecule has 0 saturated heterocycles. The molecule has 22 heavy (non-hydrogen) atoms. The SMILES string of the molecule is N#Cc1ccc(NC(=O)c2ncn(-c3ccccc3)n2)cc1. The third-order valence-electron chi connectivity index (χ3n) is 2.99. The van der Waals surface area contributed by atoms with Gasteiger partial charge in [-0.2, -0.15) is 5.26 Å². The molecule has 0 aliphatic carbocycles. The van der Waals surface area contributed by atoms with Crippen LogP contribution in [0.4, 0.5) is 5.69 Å². The maximum absolute atomic E-state index is 12.1. The van der Waals surface area contributed by atoms with Crippen LogP contribution in [-0.4, -0.2) is 20.7 Å². The molecule has 0 unspecified atom stereocenters. The van der Waals surface area contributed by atoms with E-state index >= 15 is 0 Å². The molecule has 0 atom stereocenters. The molecule has 1 aromatic heterocycles. The van der Waals surface area contributed by atoms with Crippen molar-refractivity contribution in [2.24, 2.45) is 0 Å². The van der Waals surface area contributed by atoms with E-state index in [9.17, 15) is 4.79 Å². The van der Waals surface area contributed by atoms with Crippen LogP contribution in [0.25, 0.3) is 5.69 Å². The number of nitriles is 1. The lowest BCUT2D eigenvalue weighted by atomic mass is 10.2. The van der Waals surface area contributed by atoms with Crippen LogP contribution in [0.3, 0.4) is 0 Å². The van der Waals surface area contributed by atoms with Gasteiger partial charge in [-0.1, -0.05) is 18.2 Å². The van der Waals surface area contributed by atoms with Gasteiger partial charge in [-0.15, -0.1) is 5.10 Å². The lowest BCUT2D eigenvalue weighted by Crippen LogP contribution is -2.14. The molecule has 0 aliphatic rings. The van der Waals surface area contributed by atoms with Gasteiger partial charge in [-0.25, -0.2) is 9.67 Å². The zero-order valence-corrected chi connectivity index (χ0v) is 11.5. The highest BCUT2D eigenvalue weighted by Crippen LogP contribution is 2.10. The molecule has 3 rings (SSSR count). The minimum absolute atomic E-state index is 0.0770. The lowest BCUT2D eigenvalue weighted by Gasteiger charge is -2.02. The van der Waals surface area contributed by atoms with Gasteiger partial charge in [0.2, 0.25) is 5.82 Å². The van der Waals surface area contributed by atoms with Crippen LogP contribution in [0.5, 0.6) is 0 Å². The van der Waals surface area contributed by atoms with E-state index in [-0.39, 0.29) is 5.82 Å². The van der Waals surface area contributed by atoms with Crippen LogP contribution in [0.1, 0.15) is 16.2 Å². The highest BCUT2D eigenvalue weighted by atomic mass is 16.2. The number of para-hydroxylation sites is 1. The van der Waals surface area contributed by atoms with Crippen molar-refractivity contribution in [3.63, 3.8) is 0 Å². The molecule has 0 spiro atoms. The van der Waals surface area contributed by atoms with Crippen molar-refractivity contribution in [2.45, 2.75) is 0 Å². The van der Waals surface area contributed by atoms with Crippen LogP contribution in [0, 0.1) is 11.3 Å². The molecule has 0 radical (unpaired) electrons. The second kappa shape index (κ2) is 5.89. The summed E-state index contributed by atoms with van der Waals surface area (Å²) in [5, 5.41) is 15.6. The number of nitrogens with zero attached hydrogens (tertiary/aromatic N) is 4. The Morgan fingerprint density at radius 1 is 1.09 bits per heavy atom. The summed E-state index contributed by atoms with van der Waals surface area (Å²) in [6.07, 6.45) is 1.49. The second-order valence-electron chi connectivity index (χ2n) is 4.49. The number of amides is 1. The third-order valence-corrected chi connectivity index (χ3v) is 2.99. The summed E-state index contributed by atoms with van der Waals surface area (Å²) in [4.78, 5) is 16.1. The molecule has 0 bridgehead atoms. The fraction of sp³-hybridized carbons (Fsp3) is 0. The number of hydrogen-bond acceptors (Lipinski definition) is 4. The number of anilines is 1. The number of carbonyl (C=O) groups is 1. The molecule has 1 N–H and O–H groups in total. The highest BCUT2D eigenvalue weighted by Gasteiger charge is 2.12. The van der Waals surface area contributed by atoms with Crippen molar-refractivity contribution in [1.29, 1.82) is 5.26 Å². The van der Waals surface area contributed by atoms with Crippen molar-refractivity contribution in [1.82, 2.24) is 14.8 Å². The van der Waals surface area contributed by atoms with Crippen LogP contribution in [0.2, 0.25) is 0 Å². The Kier molecular flexibility index (Phi) is 3.62. The summed E-state index contributed by atoms with van der Waals surface area (Å²) in [5.74, 6) is -0.326. The molecule has 1 amide bonds. The normalized spacial score (nSPS) is 9.95. The summed E-state index contributed by atoms with van der Waals surface area (Å²) >= 11 is 0. The highest BCUT2D eigenvalue weighted by molar-refractivity contribution is 6.01. The quantitative estimate of drug-likeness (QED) is 0.802. The molecule has 0 aliphatic heterocycles. The first-order valence-corrected chi connectivity index (χ1v) is 6.55. The summed E-state index contributed by atoms with van der Waals surface area (Å²) < 4.78 is 1.54. The molecule has 6 nitrogen and oxygen atoms in total. The lowest BCUT2D eigenvalue weighted by molar-refractivity contribution is 0.101. The number of carbonyl (C=O) groups excluding carboxylic acids is 1. The predicted octanol–water partition coefficient (Wildman–Crippen LogP) is 2.39. The molecule has 2 aromatic carbocycles. The van der Waals surface area contributed by atoms with Crippen LogP contribution in [0.15, 0.2) is 60.9 Å². The summed E-state index contributed by atoms with van der Waals surface area (Å²) in [5.41, 5.74) is 1.94. The molecule has 1 heterocycles. The Bertz CT molecular complexity index is 831. The van der Waals surface area contributed by atoms with E-state index in [1.54, 1.807) is 24.3 Å². The first-order chi connectivity index (χ1) is 10.8. The summed E-state index contributed by atoms with van der Waals surface area (Å²) in [7, 11) is 0. The van der Waals surface area contributed by atoms with Crippen LogP contribution < -0.4 is 5.32 Å². The number of benzene rings is 2. The average molecular weight is 289 g/mol. The van der Waals surface area contributed by atoms with Crippen molar-refractivity contribution >= 4 is 11.6 Å².